The predicted octanol–water partition coefficient (Wildman–Crippen LogP) is 0.105. The van der Waals surface area contributed by atoms with Crippen molar-refractivity contribution in [3.05, 3.63) is 11.7 Å². The van der Waals surface area contributed by atoms with Gasteiger partial charge in [-0.1, -0.05) is 5.16 Å². The minimum absolute atomic E-state index is 0.0249. The minimum atomic E-state index is -0.633. The van der Waals surface area contributed by atoms with Crippen LogP contribution >= 0.6 is 0 Å². The Kier molecular flexibility index (Phi) is 4.16. The smallest absolute Gasteiger partial charge is 0.242 e. The molecule has 1 N–H and O–H groups in total. The maximum Gasteiger partial charge on any atom is 0.242 e. The molecular formula is C12H20N4O3. The average Bonchev–Trinajstić information content (AvgIpc) is 2.98. The number of ether oxygens (including phenoxy) is 1. The summed E-state index contributed by atoms with van der Waals surface area (Å²) in [6, 6.07) is 0. The summed E-state index contributed by atoms with van der Waals surface area (Å²) in [6.07, 6.45) is 1.72. The summed E-state index contributed by atoms with van der Waals surface area (Å²) in [5, 5.41) is 6.50. The van der Waals surface area contributed by atoms with E-state index < -0.39 is 5.54 Å². The number of nitrogens with one attached hydrogen (secondary N) is 1. The van der Waals surface area contributed by atoms with Crippen LogP contribution in [0.2, 0.25) is 0 Å². The van der Waals surface area contributed by atoms with E-state index in [4.69, 9.17) is 9.26 Å². The van der Waals surface area contributed by atoms with Crippen molar-refractivity contribution in [1.82, 2.24) is 20.4 Å². The molecule has 106 valence electrons. The molecular weight excluding hydrogens is 248 g/mol. The Hall–Kier alpha value is -1.47. The number of rotatable bonds is 5. The number of hydrogen-bond donors (Lipinski definition) is 1. The molecule has 1 aromatic heterocycles. The van der Waals surface area contributed by atoms with Gasteiger partial charge in [-0.3, -0.25) is 9.69 Å². The second-order valence-electron chi connectivity index (χ2n) is 4.80. The molecule has 1 fully saturated rings. The van der Waals surface area contributed by atoms with Gasteiger partial charge in [0, 0.05) is 14.2 Å². The third-order valence-electron chi connectivity index (χ3n) is 3.55. The first-order valence-electron chi connectivity index (χ1n) is 6.38. The summed E-state index contributed by atoms with van der Waals surface area (Å²) in [5.74, 6) is 1.11. The Bertz CT molecular complexity index is 448. The van der Waals surface area contributed by atoms with Crippen LogP contribution in [0, 0.1) is 6.92 Å². The largest absolute Gasteiger partial charge is 0.382 e. The number of aromatic nitrogens is 2. The van der Waals surface area contributed by atoms with Gasteiger partial charge in [0.1, 0.15) is 5.54 Å². The summed E-state index contributed by atoms with van der Waals surface area (Å²) < 4.78 is 10.4. The van der Waals surface area contributed by atoms with Crippen LogP contribution in [0.15, 0.2) is 4.52 Å². The normalized spacial score (nSPS) is 23.7. The van der Waals surface area contributed by atoms with Crippen LogP contribution in [-0.4, -0.2) is 53.8 Å². The van der Waals surface area contributed by atoms with Gasteiger partial charge in [0.05, 0.1) is 13.2 Å². The Labute approximate surface area is 112 Å². The van der Waals surface area contributed by atoms with Gasteiger partial charge in [-0.05, 0) is 26.3 Å². The fourth-order valence-electron chi connectivity index (χ4n) is 2.69. The second-order valence-corrected chi connectivity index (χ2v) is 4.80. The Morgan fingerprint density at radius 2 is 2.42 bits per heavy atom. The first-order valence-corrected chi connectivity index (χ1v) is 6.38. The highest BCUT2D eigenvalue weighted by atomic mass is 16.5. The summed E-state index contributed by atoms with van der Waals surface area (Å²) in [7, 11) is 3.26. The molecule has 2 rings (SSSR count). The molecule has 1 aliphatic rings. The summed E-state index contributed by atoms with van der Waals surface area (Å²) >= 11 is 0. The number of likely N-dealkylation sites (N-methyl/N-ethyl adjacent to an activating group) is 1. The standard InChI is InChI=1S/C12H20N4O3/c1-9-14-10(19-15-9)7-16-6-4-5-12(16,8-18-3)11(17)13-2/h4-8H2,1-3H3,(H,13,17). The van der Waals surface area contributed by atoms with Crippen LogP contribution in [0.5, 0.6) is 0 Å². The van der Waals surface area contributed by atoms with Crippen LogP contribution in [0.3, 0.4) is 0 Å². The first kappa shape index (κ1) is 14.0. The Morgan fingerprint density at radius 3 is 3.00 bits per heavy atom. The quantitative estimate of drug-likeness (QED) is 0.816. The molecule has 0 bridgehead atoms. The van der Waals surface area contributed by atoms with Crippen LogP contribution in [0.25, 0.3) is 0 Å². The van der Waals surface area contributed by atoms with Crippen molar-refractivity contribution < 1.29 is 14.1 Å². The SMILES string of the molecule is CNC(=O)C1(COC)CCCN1Cc1nc(C)no1. The lowest BCUT2D eigenvalue weighted by molar-refractivity contribution is -0.135. The van der Waals surface area contributed by atoms with Crippen molar-refractivity contribution in [2.75, 3.05) is 27.3 Å². The summed E-state index contributed by atoms with van der Waals surface area (Å²) in [6.45, 7) is 3.42. The predicted molar refractivity (Wildman–Crippen MR) is 67.4 cm³/mol. The van der Waals surface area contributed by atoms with Gasteiger partial charge in [0.25, 0.3) is 0 Å². The van der Waals surface area contributed by atoms with Gasteiger partial charge in [-0.25, -0.2) is 0 Å². The molecule has 2 heterocycles. The lowest BCUT2D eigenvalue weighted by atomic mass is 9.96. The number of nitrogens with zero attached hydrogens (tertiary/aromatic N) is 3. The molecule has 0 radical (unpaired) electrons. The van der Waals surface area contributed by atoms with E-state index >= 15 is 0 Å². The van der Waals surface area contributed by atoms with Crippen molar-refractivity contribution in [2.24, 2.45) is 0 Å². The number of amides is 1. The van der Waals surface area contributed by atoms with Crippen LogP contribution in [-0.2, 0) is 16.1 Å². The maximum atomic E-state index is 12.2. The van der Waals surface area contributed by atoms with E-state index in [2.05, 4.69) is 20.4 Å². The minimum Gasteiger partial charge on any atom is -0.382 e. The highest BCUT2D eigenvalue weighted by molar-refractivity contribution is 5.86. The third-order valence-corrected chi connectivity index (χ3v) is 3.55. The lowest BCUT2D eigenvalue weighted by Crippen LogP contribution is -2.57. The van der Waals surface area contributed by atoms with E-state index in [1.165, 1.54) is 0 Å². The van der Waals surface area contributed by atoms with E-state index in [1.54, 1.807) is 21.1 Å². The zero-order valence-corrected chi connectivity index (χ0v) is 11.6. The van der Waals surface area contributed by atoms with Crippen molar-refractivity contribution >= 4 is 5.91 Å². The van der Waals surface area contributed by atoms with E-state index in [-0.39, 0.29) is 5.91 Å². The highest BCUT2D eigenvalue weighted by Crippen LogP contribution is 2.31. The van der Waals surface area contributed by atoms with Gasteiger partial charge >= 0.3 is 0 Å². The molecule has 7 heteroatoms. The summed E-state index contributed by atoms with van der Waals surface area (Å²) in [5.41, 5.74) is -0.633. The lowest BCUT2D eigenvalue weighted by Gasteiger charge is -2.35. The average molecular weight is 268 g/mol. The first-order chi connectivity index (χ1) is 9.12. The topological polar surface area (TPSA) is 80.5 Å². The van der Waals surface area contributed by atoms with Gasteiger partial charge in [-0.15, -0.1) is 0 Å². The van der Waals surface area contributed by atoms with E-state index in [1.807, 2.05) is 0 Å². The molecule has 1 unspecified atom stereocenters. The molecule has 0 saturated carbocycles. The zero-order chi connectivity index (χ0) is 13.9. The molecule has 1 aromatic rings. The maximum absolute atomic E-state index is 12.2. The molecule has 19 heavy (non-hydrogen) atoms. The summed E-state index contributed by atoms with van der Waals surface area (Å²) in [4.78, 5) is 18.5. The van der Waals surface area contributed by atoms with Crippen LogP contribution in [0.1, 0.15) is 24.6 Å². The molecule has 7 nitrogen and oxygen atoms in total. The number of aryl methyl sites for hydroxylation is 1. The van der Waals surface area contributed by atoms with E-state index in [0.717, 1.165) is 19.4 Å². The zero-order valence-electron chi connectivity index (χ0n) is 11.6. The molecule has 0 spiro atoms. The van der Waals surface area contributed by atoms with Crippen molar-refractivity contribution in [1.29, 1.82) is 0 Å². The van der Waals surface area contributed by atoms with Crippen molar-refractivity contribution in [2.45, 2.75) is 31.8 Å². The molecule has 1 atom stereocenters. The van der Waals surface area contributed by atoms with E-state index in [9.17, 15) is 4.79 Å². The second kappa shape index (κ2) is 5.66. The van der Waals surface area contributed by atoms with E-state index in [0.29, 0.717) is 24.9 Å². The van der Waals surface area contributed by atoms with Crippen LogP contribution < -0.4 is 5.32 Å². The fraction of sp³-hybridized carbons (Fsp3) is 0.750. The monoisotopic (exact) mass is 268 g/mol. The van der Waals surface area contributed by atoms with Gasteiger partial charge in [0.15, 0.2) is 5.82 Å². The third kappa shape index (κ3) is 2.62. The molecule has 1 saturated heterocycles. The van der Waals surface area contributed by atoms with Gasteiger partial charge < -0.3 is 14.6 Å². The Balaban J connectivity index is 2.19. The fourth-order valence-corrected chi connectivity index (χ4v) is 2.69. The molecule has 1 aliphatic heterocycles. The molecule has 0 aromatic carbocycles. The molecule has 1 amide bonds. The van der Waals surface area contributed by atoms with Gasteiger partial charge in [0.2, 0.25) is 11.8 Å². The highest BCUT2D eigenvalue weighted by Gasteiger charge is 2.47. The number of carbonyl (C=O) groups excluding carboxylic acids is 1. The number of carbonyl (C=O) groups is 1. The number of hydrogen-bond acceptors (Lipinski definition) is 6. The van der Waals surface area contributed by atoms with Crippen molar-refractivity contribution in [3.63, 3.8) is 0 Å². The molecule has 0 aliphatic carbocycles. The van der Waals surface area contributed by atoms with Crippen molar-refractivity contribution in [3.8, 4) is 0 Å². The van der Waals surface area contributed by atoms with Crippen LogP contribution in [0.4, 0.5) is 0 Å². The Morgan fingerprint density at radius 1 is 1.63 bits per heavy atom. The number of methoxy groups -OCH3 is 1. The van der Waals surface area contributed by atoms with Gasteiger partial charge in [-0.2, -0.15) is 4.98 Å². The number of likely N-dealkylation sites (tertiary alicyclic amines) is 1.